The van der Waals surface area contributed by atoms with Crippen LogP contribution in [-0.4, -0.2) is 22.8 Å². The highest BCUT2D eigenvalue weighted by molar-refractivity contribution is 5.88. The molecule has 4 nitrogen and oxygen atoms in total. The Morgan fingerprint density at radius 3 is 2.45 bits per heavy atom. The first-order valence-corrected chi connectivity index (χ1v) is 6.57. The molecule has 1 aromatic carbocycles. The zero-order chi connectivity index (χ0) is 14.4. The molecule has 0 aliphatic heterocycles. The van der Waals surface area contributed by atoms with E-state index in [2.05, 4.69) is 28.3 Å². The van der Waals surface area contributed by atoms with Crippen molar-refractivity contribution < 1.29 is 4.79 Å². The number of hydrogen-bond donors (Lipinski definition) is 1. The summed E-state index contributed by atoms with van der Waals surface area (Å²) in [7, 11) is 2.08. The van der Waals surface area contributed by atoms with Gasteiger partial charge in [0.25, 0.3) is 0 Å². The van der Waals surface area contributed by atoms with Gasteiger partial charge in [-0.3, -0.25) is 14.7 Å². The van der Waals surface area contributed by atoms with E-state index in [1.807, 2.05) is 36.5 Å². The van der Waals surface area contributed by atoms with Crippen molar-refractivity contribution in [1.82, 2.24) is 9.88 Å². The van der Waals surface area contributed by atoms with Crippen molar-refractivity contribution in [1.29, 1.82) is 0 Å². The van der Waals surface area contributed by atoms with E-state index in [4.69, 9.17) is 0 Å². The average Bonchev–Trinajstić information content (AvgIpc) is 2.41. The molecule has 0 atom stereocenters. The second-order valence-electron chi connectivity index (χ2n) is 4.91. The molecule has 0 aliphatic rings. The van der Waals surface area contributed by atoms with Crippen molar-refractivity contribution in [3.63, 3.8) is 0 Å². The molecule has 0 aliphatic carbocycles. The summed E-state index contributed by atoms with van der Waals surface area (Å²) < 4.78 is 0. The quantitative estimate of drug-likeness (QED) is 0.907. The van der Waals surface area contributed by atoms with Crippen LogP contribution in [0, 0.1) is 0 Å². The van der Waals surface area contributed by atoms with Gasteiger partial charge in [-0.2, -0.15) is 0 Å². The highest BCUT2D eigenvalue weighted by Crippen LogP contribution is 2.12. The Morgan fingerprint density at radius 1 is 1.15 bits per heavy atom. The zero-order valence-corrected chi connectivity index (χ0v) is 11.8. The Morgan fingerprint density at radius 2 is 1.85 bits per heavy atom. The lowest BCUT2D eigenvalue weighted by molar-refractivity contribution is -0.114. The van der Waals surface area contributed by atoms with E-state index < -0.39 is 0 Å². The molecular weight excluding hydrogens is 250 g/mol. The minimum absolute atomic E-state index is 0.0496. The van der Waals surface area contributed by atoms with Crippen LogP contribution in [-0.2, 0) is 17.9 Å². The number of pyridine rings is 1. The fraction of sp³-hybridized carbons (Fsp3) is 0.250. The van der Waals surface area contributed by atoms with Crippen molar-refractivity contribution >= 4 is 11.6 Å². The summed E-state index contributed by atoms with van der Waals surface area (Å²) in [6.45, 7) is 3.23. The lowest BCUT2D eigenvalue weighted by atomic mass is 10.2. The first-order chi connectivity index (χ1) is 9.63. The molecule has 4 heteroatoms. The van der Waals surface area contributed by atoms with E-state index in [0.29, 0.717) is 0 Å². The van der Waals surface area contributed by atoms with Gasteiger partial charge in [0.2, 0.25) is 5.91 Å². The fourth-order valence-electron chi connectivity index (χ4n) is 2.07. The van der Waals surface area contributed by atoms with Gasteiger partial charge in [0.15, 0.2) is 0 Å². The Kier molecular flexibility index (Phi) is 4.85. The van der Waals surface area contributed by atoms with E-state index in [1.54, 1.807) is 6.20 Å². The lowest BCUT2D eigenvalue weighted by Gasteiger charge is -2.16. The summed E-state index contributed by atoms with van der Waals surface area (Å²) in [5.74, 6) is -0.0496. The molecule has 0 radical (unpaired) electrons. The van der Waals surface area contributed by atoms with Crippen LogP contribution in [0.2, 0.25) is 0 Å². The van der Waals surface area contributed by atoms with E-state index in [-0.39, 0.29) is 5.91 Å². The fourth-order valence-corrected chi connectivity index (χ4v) is 2.07. The van der Waals surface area contributed by atoms with Gasteiger partial charge in [0.1, 0.15) is 0 Å². The molecule has 0 spiro atoms. The Bertz CT molecular complexity index is 552. The molecule has 1 amide bonds. The summed E-state index contributed by atoms with van der Waals surface area (Å²) in [4.78, 5) is 17.3. The van der Waals surface area contributed by atoms with Gasteiger partial charge in [-0.05, 0) is 36.4 Å². The van der Waals surface area contributed by atoms with Crippen LogP contribution in [0.5, 0.6) is 0 Å². The zero-order valence-electron chi connectivity index (χ0n) is 11.8. The van der Waals surface area contributed by atoms with Gasteiger partial charge in [-0.1, -0.05) is 18.2 Å². The SMILES string of the molecule is CC(=O)Nc1ccc(CN(C)Cc2cccnc2)cc1. The summed E-state index contributed by atoms with van der Waals surface area (Å²) >= 11 is 0. The normalized spacial score (nSPS) is 10.6. The Hall–Kier alpha value is -2.20. The standard InChI is InChI=1S/C16H19N3O/c1-13(20)18-16-7-5-14(6-8-16)11-19(2)12-15-4-3-9-17-10-15/h3-10H,11-12H2,1-2H3,(H,18,20). The number of rotatable bonds is 5. The lowest BCUT2D eigenvalue weighted by Crippen LogP contribution is -2.17. The molecule has 0 saturated heterocycles. The maximum atomic E-state index is 11.0. The number of amides is 1. The van der Waals surface area contributed by atoms with E-state index >= 15 is 0 Å². The summed E-state index contributed by atoms with van der Waals surface area (Å²) in [6.07, 6.45) is 3.67. The van der Waals surface area contributed by atoms with Crippen LogP contribution in [0.3, 0.4) is 0 Å². The topological polar surface area (TPSA) is 45.2 Å². The van der Waals surface area contributed by atoms with E-state index in [1.165, 1.54) is 18.1 Å². The third-order valence-corrected chi connectivity index (χ3v) is 2.90. The van der Waals surface area contributed by atoms with Crippen molar-refractivity contribution in [3.05, 3.63) is 59.9 Å². The second-order valence-corrected chi connectivity index (χ2v) is 4.91. The van der Waals surface area contributed by atoms with Crippen LogP contribution in [0.1, 0.15) is 18.1 Å². The third-order valence-electron chi connectivity index (χ3n) is 2.90. The van der Waals surface area contributed by atoms with Gasteiger partial charge < -0.3 is 5.32 Å². The molecular formula is C16H19N3O. The molecule has 1 N–H and O–H groups in total. The smallest absolute Gasteiger partial charge is 0.221 e. The highest BCUT2D eigenvalue weighted by atomic mass is 16.1. The minimum atomic E-state index is -0.0496. The minimum Gasteiger partial charge on any atom is -0.326 e. The van der Waals surface area contributed by atoms with Gasteiger partial charge in [0.05, 0.1) is 0 Å². The molecule has 104 valence electrons. The number of carbonyl (C=O) groups excluding carboxylic acids is 1. The summed E-state index contributed by atoms with van der Waals surface area (Å²) in [6, 6.07) is 11.9. The van der Waals surface area contributed by atoms with E-state index in [0.717, 1.165) is 18.8 Å². The number of hydrogen-bond acceptors (Lipinski definition) is 3. The van der Waals surface area contributed by atoms with Gasteiger partial charge in [-0.15, -0.1) is 0 Å². The predicted octanol–water partition coefficient (Wildman–Crippen LogP) is 2.67. The monoisotopic (exact) mass is 269 g/mol. The van der Waals surface area contributed by atoms with Crippen LogP contribution in [0.25, 0.3) is 0 Å². The van der Waals surface area contributed by atoms with Crippen LogP contribution in [0.4, 0.5) is 5.69 Å². The molecule has 0 fully saturated rings. The van der Waals surface area contributed by atoms with Crippen molar-refractivity contribution in [2.75, 3.05) is 12.4 Å². The first kappa shape index (κ1) is 14.2. The maximum Gasteiger partial charge on any atom is 0.221 e. The third kappa shape index (κ3) is 4.48. The van der Waals surface area contributed by atoms with Gasteiger partial charge in [-0.25, -0.2) is 0 Å². The second kappa shape index (κ2) is 6.82. The van der Waals surface area contributed by atoms with Gasteiger partial charge >= 0.3 is 0 Å². The van der Waals surface area contributed by atoms with Crippen molar-refractivity contribution in [2.45, 2.75) is 20.0 Å². The molecule has 0 bridgehead atoms. The van der Waals surface area contributed by atoms with Crippen molar-refractivity contribution in [2.24, 2.45) is 0 Å². The number of anilines is 1. The predicted molar refractivity (Wildman–Crippen MR) is 80.2 cm³/mol. The van der Waals surface area contributed by atoms with Crippen LogP contribution >= 0.6 is 0 Å². The summed E-state index contributed by atoms with van der Waals surface area (Å²) in [5, 5.41) is 2.76. The van der Waals surface area contributed by atoms with Crippen LogP contribution < -0.4 is 5.32 Å². The number of carbonyl (C=O) groups is 1. The number of nitrogens with one attached hydrogen (secondary N) is 1. The largest absolute Gasteiger partial charge is 0.326 e. The molecule has 0 unspecified atom stereocenters. The molecule has 2 aromatic rings. The average molecular weight is 269 g/mol. The summed E-state index contributed by atoms with van der Waals surface area (Å²) in [5.41, 5.74) is 3.24. The molecule has 0 saturated carbocycles. The number of benzene rings is 1. The number of aromatic nitrogens is 1. The molecule has 20 heavy (non-hydrogen) atoms. The molecule has 1 aromatic heterocycles. The van der Waals surface area contributed by atoms with Crippen LogP contribution in [0.15, 0.2) is 48.8 Å². The maximum absolute atomic E-state index is 11.0. The van der Waals surface area contributed by atoms with Crippen molar-refractivity contribution in [3.8, 4) is 0 Å². The Labute approximate surface area is 119 Å². The first-order valence-electron chi connectivity index (χ1n) is 6.57. The number of nitrogens with zero attached hydrogens (tertiary/aromatic N) is 2. The highest BCUT2D eigenvalue weighted by Gasteiger charge is 2.02. The van der Waals surface area contributed by atoms with Gasteiger partial charge in [0, 0.05) is 38.1 Å². The molecule has 2 rings (SSSR count). The van der Waals surface area contributed by atoms with E-state index in [9.17, 15) is 4.79 Å². The Balaban J connectivity index is 1.91. The molecule has 1 heterocycles.